The Morgan fingerprint density at radius 3 is 2.61 bits per heavy atom. The quantitative estimate of drug-likeness (QED) is 0.790. The van der Waals surface area contributed by atoms with Gasteiger partial charge in [0.15, 0.2) is 0 Å². The summed E-state index contributed by atoms with van der Waals surface area (Å²) in [4.78, 5) is 10.5. The van der Waals surface area contributed by atoms with E-state index in [-0.39, 0.29) is 12.0 Å². The van der Waals surface area contributed by atoms with Gasteiger partial charge in [-0.05, 0) is 24.1 Å². The third-order valence-electron chi connectivity index (χ3n) is 2.45. The maximum Gasteiger partial charge on any atom is 0.303 e. The molecule has 0 aliphatic rings. The molecule has 0 aliphatic heterocycles. The normalized spacial score (nSPS) is 13.4. The highest BCUT2D eigenvalue weighted by Crippen LogP contribution is 2.40. The van der Waals surface area contributed by atoms with E-state index in [4.69, 9.17) is 5.11 Å². The zero-order chi connectivity index (χ0) is 13.9. The minimum absolute atomic E-state index is 0.130. The van der Waals surface area contributed by atoms with Crippen molar-refractivity contribution in [2.75, 3.05) is 0 Å². The van der Waals surface area contributed by atoms with Crippen molar-refractivity contribution in [3.8, 4) is 0 Å². The van der Waals surface area contributed by atoms with E-state index in [9.17, 15) is 13.6 Å². The van der Waals surface area contributed by atoms with Crippen LogP contribution in [0.25, 0.3) is 0 Å². The van der Waals surface area contributed by atoms with Gasteiger partial charge in [0.25, 0.3) is 5.92 Å². The average Bonchev–Trinajstić information content (AvgIpc) is 2.19. The summed E-state index contributed by atoms with van der Waals surface area (Å²) in [7, 11) is 0. The number of halogens is 4. The Hall–Kier alpha value is -0.490. The van der Waals surface area contributed by atoms with Gasteiger partial charge in [0.1, 0.15) is 0 Å². The first-order chi connectivity index (χ1) is 8.22. The van der Waals surface area contributed by atoms with Gasteiger partial charge in [-0.25, -0.2) is 8.78 Å². The first-order valence-electron chi connectivity index (χ1n) is 5.27. The molecular formula is C12H12Br2F2O2. The van der Waals surface area contributed by atoms with Crippen molar-refractivity contribution in [1.29, 1.82) is 0 Å². The van der Waals surface area contributed by atoms with Crippen LogP contribution in [0.3, 0.4) is 0 Å². The van der Waals surface area contributed by atoms with E-state index in [2.05, 4.69) is 31.9 Å². The Morgan fingerprint density at radius 1 is 1.44 bits per heavy atom. The predicted molar refractivity (Wildman–Crippen MR) is 71.8 cm³/mol. The van der Waals surface area contributed by atoms with Gasteiger partial charge in [-0.1, -0.05) is 38.8 Å². The van der Waals surface area contributed by atoms with Gasteiger partial charge in [0, 0.05) is 27.4 Å². The summed E-state index contributed by atoms with van der Waals surface area (Å²) >= 11 is 6.24. The Kier molecular flexibility index (Phi) is 5.28. The third kappa shape index (κ3) is 4.31. The van der Waals surface area contributed by atoms with Gasteiger partial charge in [0.2, 0.25) is 0 Å². The highest BCUT2D eigenvalue weighted by molar-refractivity contribution is 9.11. The maximum atomic E-state index is 14.1. The molecule has 1 aromatic carbocycles. The molecule has 100 valence electrons. The van der Waals surface area contributed by atoms with Gasteiger partial charge < -0.3 is 5.11 Å². The van der Waals surface area contributed by atoms with Crippen LogP contribution in [0.1, 0.15) is 25.3 Å². The minimum atomic E-state index is -3.06. The number of rotatable bonds is 5. The van der Waals surface area contributed by atoms with Crippen LogP contribution in [-0.2, 0) is 10.7 Å². The molecule has 0 bridgehead atoms. The summed E-state index contributed by atoms with van der Waals surface area (Å²) in [5.74, 6) is -4.72. The largest absolute Gasteiger partial charge is 0.481 e. The first kappa shape index (κ1) is 15.6. The number of carboxylic acid groups (broad SMARTS) is 1. The van der Waals surface area contributed by atoms with Crippen LogP contribution in [0.4, 0.5) is 8.78 Å². The lowest BCUT2D eigenvalue weighted by Gasteiger charge is -2.21. The van der Waals surface area contributed by atoms with Crippen molar-refractivity contribution in [3.63, 3.8) is 0 Å². The molecule has 2 nitrogen and oxygen atoms in total. The maximum absolute atomic E-state index is 14.1. The third-order valence-corrected chi connectivity index (χ3v) is 3.64. The molecule has 0 saturated carbocycles. The molecule has 1 unspecified atom stereocenters. The van der Waals surface area contributed by atoms with E-state index in [1.807, 2.05) is 0 Å². The van der Waals surface area contributed by atoms with Crippen LogP contribution < -0.4 is 0 Å². The van der Waals surface area contributed by atoms with Crippen LogP contribution in [0.5, 0.6) is 0 Å². The highest BCUT2D eigenvalue weighted by Gasteiger charge is 2.35. The van der Waals surface area contributed by atoms with Crippen molar-refractivity contribution < 1.29 is 18.7 Å². The highest BCUT2D eigenvalue weighted by atomic mass is 79.9. The number of carboxylic acids is 1. The molecule has 1 atom stereocenters. The summed E-state index contributed by atoms with van der Waals surface area (Å²) in [5.41, 5.74) is -0.130. The summed E-state index contributed by atoms with van der Waals surface area (Å²) in [6.45, 7) is 1.51. The fourth-order valence-corrected chi connectivity index (χ4v) is 2.59. The number of hydrogen-bond donors (Lipinski definition) is 1. The second kappa shape index (κ2) is 6.10. The van der Waals surface area contributed by atoms with E-state index in [0.29, 0.717) is 8.95 Å². The van der Waals surface area contributed by atoms with Crippen molar-refractivity contribution in [3.05, 3.63) is 32.7 Å². The molecule has 1 rings (SSSR count). The summed E-state index contributed by atoms with van der Waals surface area (Å²) in [6.07, 6.45) is -0.754. The predicted octanol–water partition coefficient (Wildman–Crippen LogP) is 4.80. The summed E-state index contributed by atoms with van der Waals surface area (Å²) in [6, 6.07) is 4.54. The minimum Gasteiger partial charge on any atom is -0.481 e. The molecule has 18 heavy (non-hydrogen) atoms. The zero-order valence-corrected chi connectivity index (χ0v) is 12.8. The number of carbonyl (C=O) groups is 1. The molecule has 6 heteroatoms. The van der Waals surface area contributed by atoms with Gasteiger partial charge in [-0.15, -0.1) is 0 Å². The van der Waals surface area contributed by atoms with E-state index in [1.54, 1.807) is 6.07 Å². The molecular weight excluding hydrogens is 374 g/mol. The second-order valence-electron chi connectivity index (χ2n) is 4.24. The lowest BCUT2D eigenvalue weighted by molar-refractivity contribution is -0.138. The van der Waals surface area contributed by atoms with Crippen molar-refractivity contribution in [2.45, 2.75) is 25.7 Å². The summed E-state index contributed by atoms with van der Waals surface area (Å²) < 4.78 is 29.0. The fourth-order valence-electron chi connectivity index (χ4n) is 1.70. The first-order valence-corrected chi connectivity index (χ1v) is 6.86. The smallest absolute Gasteiger partial charge is 0.303 e. The van der Waals surface area contributed by atoms with Crippen LogP contribution >= 0.6 is 31.9 Å². The van der Waals surface area contributed by atoms with Gasteiger partial charge in [-0.2, -0.15) is 0 Å². The lowest BCUT2D eigenvalue weighted by Crippen LogP contribution is -2.19. The zero-order valence-electron chi connectivity index (χ0n) is 9.59. The van der Waals surface area contributed by atoms with Crippen molar-refractivity contribution in [2.24, 2.45) is 5.92 Å². The van der Waals surface area contributed by atoms with Gasteiger partial charge in [0.05, 0.1) is 0 Å². The molecule has 0 aromatic heterocycles. The van der Waals surface area contributed by atoms with Crippen LogP contribution in [-0.4, -0.2) is 11.1 Å². The van der Waals surface area contributed by atoms with Crippen molar-refractivity contribution in [1.82, 2.24) is 0 Å². The van der Waals surface area contributed by atoms with E-state index in [1.165, 1.54) is 19.1 Å². The fraction of sp³-hybridized carbons (Fsp3) is 0.417. The number of benzene rings is 1. The van der Waals surface area contributed by atoms with E-state index >= 15 is 0 Å². The topological polar surface area (TPSA) is 37.3 Å². The molecule has 0 saturated heterocycles. The van der Waals surface area contributed by atoms with Crippen LogP contribution in [0.2, 0.25) is 0 Å². The molecule has 0 aliphatic carbocycles. The second-order valence-corrected chi connectivity index (χ2v) is 6.01. The average molecular weight is 386 g/mol. The molecule has 1 aromatic rings. The molecule has 1 N–H and O–H groups in total. The number of alkyl halides is 2. The van der Waals surface area contributed by atoms with E-state index < -0.39 is 24.2 Å². The van der Waals surface area contributed by atoms with Crippen LogP contribution in [0, 0.1) is 5.92 Å². The molecule has 0 heterocycles. The van der Waals surface area contributed by atoms with Crippen LogP contribution in [0.15, 0.2) is 27.1 Å². The summed E-state index contributed by atoms with van der Waals surface area (Å²) in [5, 5.41) is 8.59. The van der Waals surface area contributed by atoms with Gasteiger partial charge >= 0.3 is 5.97 Å². The lowest BCUT2D eigenvalue weighted by atomic mass is 9.95. The molecule has 0 amide bonds. The Bertz CT molecular complexity index is 450. The Balaban J connectivity index is 2.91. The van der Waals surface area contributed by atoms with Gasteiger partial charge in [-0.3, -0.25) is 4.79 Å². The molecule has 0 radical (unpaired) electrons. The number of hydrogen-bond acceptors (Lipinski definition) is 1. The Morgan fingerprint density at radius 2 is 2.06 bits per heavy atom. The molecule has 0 spiro atoms. The SMILES string of the molecule is CC(CC(=O)O)CC(F)(F)c1cc(Br)ccc1Br. The standard InChI is InChI=1S/C12H12Br2F2O2/c1-7(4-11(17)18)6-12(15,16)9-5-8(13)2-3-10(9)14/h2-3,5,7H,4,6H2,1H3,(H,17,18). The Labute approximate surface area is 121 Å². The van der Waals surface area contributed by atoms with Crippen molar-refractivity contribution >= 4 is 37.8 Å². The number of aliphatic carboxylic acids is 1. The van der Waals surface area contributed by atoms with E-state index in [0.717, 1.165) is 0 Å². The monoisotopic (exact) mass is 384 g/mol. The molecule has 0 fully saturated rings.